The van der Waals surface area contributed by atoms with Crippen molar-refractivity contribution in [2.75, 3.05) is 0 Å². The van der Waals surface area contributed by atoms with Crippen molar-refractivity contribution in [1.29, 1.82) is 0 Å². The second-order valence-corrected chi connectivity index (χ2v) is 4.40. The van der Waals surface area contributed by atoms with Crippen LogP contribution in [-0.4, -0.2) is 5.97 Å². The number of benzene rings is 1. The zero-order valence-electron chi connectivity index (χ0n) is 11.5. The Morgan fingerprint density at radius 2 is 1.95 bits per heavy atom. The van der Waals surface area contributed by atoms with Gasteiger partial charge < -0.3 is 4.74 Å². The Morgan fingerprint density at radius 3 is 2.68 bits per heavy atom. The predicted octanol–water partition coefficient (Wildman–Crippen LogP) is 4.73. The van der Waals surface area contributed by atoms with Gasteiger partial charge >= 0.3 is 5.97 Å². The summed E-state index contributed by atoms with van der Waals surface area (Å²) < 4.78 is 4.96. The SMILES string of the molecule is CCCCCC/C=C\OC(=O)/C=C/c1ccccc1. The molecule has 0 unspecified atom stereocenters. The molecule has 2 heteroatoms. The molecule has 0 saturated carbocycles. The average Bonchev–Trinajstić information content (AvgIpc) is 2.45. The first kappa shape index (κ1) is 15.2. The lowest BCUT2D eigenvalue weighted by Crippen LogP contribution is -1.93. The molecule has 1 rings (SSSR count). The topological polar surface area (TPSA) is 26.3 Å². The second-order valence-electron chi connectivity index (χ2n) is 4.40. The van der Waals surface area contributed by atoms with E-state index in [1.165, 1.54) is 31.6 Å². The summed E-state index contributed by atoms with van der Waals surface area (Å²) in [5.74, 6) is -0.339. The first-order chi connectivity index (χ1) is 9.33. The van der Waals surface area contributed by atoms with Crippen LogP contribution < -0.4 is 0 Å². The first-order valence-electron chi connectivity index (χ1n) is 6.91. The summed E-state index contributed by atoms with van der Waals surface area (Å²) in [6.07, 6.45) is 12.5. The lowest BCUT2D eigenvalue weighted by molar-refractivity contribution is -0.132. The van der Waals surface area contributed by atoms with E-state index >= 15 is 0 Å². The molecule has 0 N–H and O–H groups in total. The van der Waals surface area contributed by atoms with E-state index in [9.17, 15) is 4.79 Å². The van der Waals surface area contributed by atoms with E-state index in [4.69, 9.17) is 4.74 Å². The van der Waals surface area contributed by atoms with Crippen LogP contribution in [0.1, 0.15) is 44.6 Å². The minimum Gasteiger partial charge on any atom is -0.432 e. The van der Waals surface area contributed by atoms with Gasteiger partial charge in [-0.05, 0) is 30.6 Å². The summed E-state index contributed by atoms with van der Waals surface area (Å²) in [4.78, 5) is 11.4. The minimum absolute atomic E-state index is 0.339. The largest absolute Gasteiger partial charge is 0.432 e. The minimum atomic E-state index is -0.339. The molecule has 0 saturated heterocycles. The molecule has 1 aromatic rings. The molecule has 0 aliphatic rings. The average molecular weight is 258 g/mol. The maximum Gasteiger partial charge on any atom is 0.335 e. The van der Waals surface area contributed by atoms with Gasteiger partial charge in [-0.1, -0.05) is 56.5 Å². The third-order valence-corrected chi connectivity index (χ3v) is 2.72. The van der Waals surface area contributed by atoms with Gasteiger partial charge in [0.1, 0.15) is 0 Å². The van der Waals surface area contributed by atoms with Crippen LogP contribution in [0.3, 0.4) is 0 Å². The van der Waals surface area contributed by atoms with E-state index in [0.717, 1.165) is 18.4 Å². The Kier molecular flexibility index (Phi) is 8.12. The van der Waals surface area contributed by atoms with E-state index < -0.39 is 0 Å². The van der Waals surface area contributed by atoms with E-state index in [2.05, 4.69) is 6.92 Å². The fourth-order valence-corrected chi connectivity index (χ4v) is 1.64. The van der Waals surface area contributed by atoms with Crippen molar-refractivity contribution < 1.29 is 9.53 Å². The van der Waals surface area contributed by atoms with Crippen LogP contribution in [0.25, 0.3) is 6.08 Å². The van der Waals surface area contributed by atoms with Gasteiger partial charge in [0.15, 0.2) is 0 Å². The molecule has 102 valence electrons. The maximum absolute atomic E-state index is 11.4. The van der Waals surface area contributed by atoms with Gasteiger partial charge in [0.2, 0.25) is 0 Å². The number of carbonyl (C=O) groups excluding carboxylic acids is 1. The van der Waals surface area contributed by atoms with Gasteiger partial charge in [0, 0.05) is 6.08 Å². The smallest absolute Gasteiger partial charge is 0.335 e. The molecular formula is C17H22O2. The van der Waals surface area contributed by atoms with E-state index in [1.54, 1.807) is 6.08 Å². The van der Waals surface area contributed by atoms with Gasteiger partial charge in [0.05, 0.1) is 6.26 Å². The summed E-state index contributed by atoms with van der Waals surface area (Å²) in [5.41, 5.74) is 0.989. The van der Waals surface area contributed by atoms with Crippen LogP contribution >= 0.6 is 0 Å². The van der Waals surface area contributed by atoms with Gasteiger partial charge in [0.25, 0.3) is 0 Å². The Bertz CT molecular complexity index is 405. The Morgan fingerprint density at radius 1 is 1.16 bits per heavy atom. The molecule has 0 amide bonds. The van der Waals surface area contributed by atoms with Crippen molar-refractivity contribution in [3.63, 3.8) is 0 Å². The number of carbonyl (C=O) groups is 1. The number of ether oxygens (including phenoxy) is 1. The quantitative estimate of drug-likeness (QED) is 0.292. The molecule has 0 bridgehead atoms. The Balaban J connectivity index is 2.17. The predicted molar refractivity (Wildman–Crippen MR) is 79.5 cm³/mol. The van der Waals surface area contributed by atoms with Crippen molar-refractivity contribution in [1.82, 2.24) is 0 Å². The van der Waals surface area contributed by atoms with Crippen LogP contribution in [0.4, 0.5) is 0 Å². The molecule has 0 aliphatic heterocycles. The van der Waals surface area contributed by atoms with Gasteiger partial charge in [-0.25, -0.2) is 4.79 Å². The highest BCUT2D eigenvalue weighted by molar-refractivity contribution is 5.87. The van der Waals surface area contributed by atoms with Crippen LogP contribution in [0.5, 0.6) is 0 Å². The standard InChI is InChI=1S/C17H22O2/c1-2-3-4-5-6-10-15-19-17(18)14-13-16-11-8-7-9-12-16/h7-15H,2-6H2,1H3/b14-13+,15-10-. The third kappa shape index (κ3) is 7.98. The maximum atomic E-state index is 11.4. The summed E-state index contributed by atoms with van der Waals surface area (Å²) in [6.45, 7) is 2.19. The Hall–Kier alpha value is -1.83. The molecule has 0 fully saturated rings. The van der Waals surface area contributed by atoms with Gasteiger partial charge in [-0.3, -0.25) is 0 Å². The normalized spacial score (nSPS) is 11.2. The molecule has 0 aliphatic carbocycles. The number of allylic oxidation sites excluding steroid dienone is 1. The highest BCUT2D eigenvalue weighted by Gasteiger charge is 1.93. The third-order valence-electron chi connectivity index (χ3n) is 2.72. The number of esters is 1. The van der Waals surface area contributed by atoms with Crippen molar-refractivity contribution in [2.45, 2.75) is 39.0 Å². The van der Waals surface area contributed by atoms with Crippen molar-refractivity contribution in [2.24, 2.45) is 0 Å². The van der Waals surface area contributed by atoms with Gasteiger partial charge in [-0.2, -0.15) is 0 Å². The highest BCUT2D eigenvalue weighted by Crippen LogP contribution is 2.03. The second kappa shape index (κ2) is 10.1. The van der Waals surface area contributed by atoms with Crippen LogP contribution in [0.15, 0.2) is 48.7 Å². The highest BCUT2D eigenvalue weighted by atomic mass is 16.5. The summed E-state index contributed by atoms with van der Waals surface area (Å²) in [7, 11) is 0. The molecule has 19 heavy (non-hydrogen) atoms. The van der Waals surface area contributed by atoms with Crippen molar-refractivity contribution in [3.8, 4) is 0 Å². The summed E-state index contributed by atoms with van der Waals surface area (Å²) >= 11 is 0. The van der Waals surface area contributed by atoms with Crippen molar-refractivity contribution >= 4 is 12.0 Å². The number of hydrogen-bond acceptors (Lipinski definition) is 2. The number of unbranched alkanes of at least 4 members (excludes halogenated alkanes) is 4. The van der Waals surface area contributed by atoms with E-state index in [0.29, 0.717) is 0 Å². The lowest BCUT2D eigenvalue weighted by atomic mass is 10.1. The van der Waals surface area contributed by atoms with E-state index in [1.807, 2.05) is 36.4 Å². The molecule has 0 radical (unpaired) electrons. The summed E-state index contributed by atoms with van der Waals surface area (Å²) in [5, 5.41) is 0. The van der Waals surface area contributed by atoms with Gasteiger partial charge in [-0.15, -0.1) is 0 Å². The fraction of sp³-hybridized carbons (Fsp3) is 0.353. The monoisotopic (exact) mass is 258 g/mol. The molecule has 0 aromatic heterocycles. The van der Waals surface area contributed by atoms with Crippen LogP contribution in [0, 0.1) is 0 Å². The Labute approximate surface area is 115 Å². The lowest BCUT2D eigenvalue weighted by Gasteiger charge is -1.95. The van der Waals surface area contributed by atoms with Crippen LogP contribution in [-0.2, 0) is 9.53 Å². The zero-order chi connectivity index (χ0) is 13.8. The molecule has 1 aromatic carbocycles. The van der Waals surface area contributed by atoms with E-state index in [-0.39, 0.29) is 5.97 Å². The fourth-order valence-electron chi connectivity index (χ4n) is 1.64. The molecule has 0 atom stereocenters. The number of hydrogen-bond donors (Lipinski definition) is 0. The summed E-state index contributed by atoms with van der Waals surface area (Å²) in [6, 6.07) is 9.68. The molecule has 0 spiro atoms. The van der Waals surface area contributed by atoms with Crippen LogP contribution in [0.2, 0.25) is 0 Å². The zero-order valence-corrected chi connectivity index (χ0v) is 11.5. The molecule has 2 nitrogen and oxygen atoms in total. The van der Waals surface area contributed by atoms with Crippen molar-refractivity contribution in [3.05, 3.63) is 54.3 Å². The first-order valence-corrected chi connectivity index (χ1v) is 6.91. The number of rotatable bonds is 8. The molecule has 0 heterocycles. The molecular weight excluding hydrogens is 236 g/mol.